The minimum absolute atomic E-state index is 0.0465. The van der Waals surface area contributed by atoms with Gasteiger partial charge in [-0.25, -0.2) is 4.79 Å². The number of ether oxygens (including phenoxy) is 2. The maximum absolute atomic E-state index is 11.9. The van der Waals surface area contributed by atoms with Crippen LogP contribution in [0.1, 0.15) is 29.6 Å². The summed E-state index contributed by atoms with van der Waals surface area (Å²) in [5.41, 5.74) is 9.14. The highest BCUT2D eigenvalue weighted by atomic mass is 16.5. The third-order valence-corrected chi connectivity index (χ3v) is 2.77. The van der Waals surface area contributed by atoms with Crippen LogP contribution < -0.4 is 4.74 Å². The van der Waals surface area contributed by atoms with Crippen molar-refractivity contribution >= 4 is 17.5 Å². The van der Waals surface area contributed by atoms with Crippen molar-refractivity contribution in [2.75, 3.05) is 14.2 Å². The lowest BCUT2D eigenvalue weighted by Crippen LogP contribution is -2.17. The van der Waals surface area contributed by atoms with Crippen LogP contribution in [0.25, 0.3) is 5.53 Å². The van der Waals surface area contributed by atoms with Gasteiger partial charge in [0.25, 0.3) is 0 Å². The topological polar surface area (TPSA) is 89.0 Å². The molecule has 20 heavy (non-hydrogen) atoms. The number of rotatable bonds is 7. The van der Waals surface area contributed by atoms with Crippen molar-refractivity contribution in [3.05, 3.63) is 35.4 Å². The predicted octanol–water partition coefficient (Wildman–Crippen LogP) is 1.89. The molecule has 0 heterocycles. The molecule has 0 spiro atoms. The van der Waals surface area contributed by atoms with Gasteiger partial charge in [0.05, 0.1) is 20.6 Å². The van der Waals surface area contributed by atoms with E-state index in [9.17, 15) is 9.59 Å². The molecule has 0 aliphatic heterocycles. The van der Waals surface area contributed by atoms with Gasteiger partial charge in [0.2, 0.25) is 0 Å². The molecule has 0 atom stereocenters. The van der Waals surface area contributed by atoms with Crippen molar-refractivity contribution in [3.8, 4) is 5.75 Å². The molecule has 0 aliphatic carbocycles. The van der Waals surface area contributed by atoms with Crippen molar-refractivity contribution in [1.29, 1.82) is 0 Å². The molecule has 0 amide bonds. The second-order valence-corrected chi connectivity index (χ2v) is 4.04. The Bertz CT molecular complexity index is 531. The average molecular weight is 276 g/mol. The zero-order valence-corrected chi connectivity index (χ0v) is 11.5. The molecule has 0 saturated heterocycles. The molecular formula is C14H16N2O4. The van der Waals surface area contributed by atoms with E-state index < -0.39 is 5.97 Å². The lowest BCUT2D eigenvalue weighted by atomic mass is 10.0. The first-order valence-electron chi connectivity index (χ1n) is 6.09. The molecule has 0 bridgehead atoms. The van der Waals surface area contributed by atoms with E-state index in [1.165, 1.54) is 7.11 Å². The highest BCUT2D eigenvalue weighted by Crippen LogP contribution is 2.13. The number of hydrogen-bond acceptors (Lipinski definition) is 4. The Balaban J connectivity index is 2.51. The lowest BCUT2D eigenvalue weighted by Gasteiger charge is -2.02. The number of hydrogen-bond donors (Lipinski definition) is 0. The molecule has 0 unspecified atom stereocenters. The Hall–Kier alpha value is -2.46. The average Bonchev–Trinajstić information content (AvgIpc) is 2.50. The maximum atomic E-state index is 11.9. The number of nitrogens with zero attached hydrogens (tertiary/aromatic N) is 2. The van der Waals surface area contributed by atoms with Crippen molar-refractivity contribution < 1.29 is 23.9 Å². The van der Waals surface area contributed by atoms with Crippen LogP contribution in [0.3, 0.4) is 0 Å². The standard InChI is InChI=1S/C14H16N2O4/c1-19-11-8-6-10(7-9-11)13(17)5-3-4-12(16-15)14(18)20-2/h6-9H,3-5H2,1-2H3. The van der Waals surface area contributed by atoms with E-state index in [4.69, 9.17) is 10.3 Å². The van der Waals surface area contributed by atoms with Crippen LogP contribution in [0.15, 0.2) is 24.3 Å². The molecule has 0 aliphatic rings. The van der Waals surface area contributed by atoms with Gasteiger partial charge in [-0.05, 0) is 30.7 Å². The normalized spacial score (nSPS) is 9.50. The summed E-state index contributed by atoms with van der Waals surface area (Å²) in [7, 11) is 2.76. The Morgan fingerprint density at radius 1 is 1.15 bits per heavy atom. The Morgan fingerprint density at radius 2 is 1.80 bits per heavy atom. The van der Waals surface area contributed by atoms with Gasteiger partial charge in [0, 0.05) is 12.0 Å². The van der Waals surface area contributed by atoms with Gasteiger partial charge in [-0.3, -0.25) is 4.79 Å². The molecule has 0 aromatic heterocycles. The van der Waals surface area contributed by atoms with E-state index in [1.54, 1.807) is 31.4 Å². The maximum Gasteiger partial charge on any atom is 0.416 e. The van der Waals surface area contributed by atoms with Gasteiger partial charge in [0.15, 0.2) is 5.78 Å². The monoisotopic (exact) mass is 276 g/mol. The predicted molar refractivity (Wildman–Crippen MR) is 71.8 cm³/mol. The van der Waals surface area contributed by atoms with Crippen molar-refractivity contribution in [2.24, 2.45) is 0 Å². The molecule has 1 aromatic rings. The first-order chi connectivity index (χ1) is 9.62. The third-order valence-electron chi connectivity index (χ3n) is 2.77. The molecule has 1 rings (SSSR count). The van der Waals surface area contributed by atoms with E-state index in [-0.39, 0.29) is 24.3 Å². The molecular weight excluding hydrogens is 260 g/mol. The lowest BCUT2D eigenvalue weighted by molar-refractivity contribution is -0.137. The molecule has 0 saturated carbocycles. The number of ketones is 1. The second-order valence-electron chi connectivity index (χ2n) is 4.04. The molecule has 0 fully saturated rings. The van der Waals surface area contributed by atoms with Crippen LogP contribution in [0, 0.1) is 0 Å². The Kier molecular flexibility index (Phi) is 6.13. The Labute approximate surface area is 116 Å². The summed E-state index contributed by atoms with van der Waals surface area (Å²) in [5.74, 6) is -0.0545. The summed E-state index contributed by atoms with van der Waals surface area (Å²) < 4.78 is 9.45. The fourth-order valence-electron chi connectivity index (χ4n) is 1.65. The van der Waals surface area contributed by atoms with Gasteiger partial charge in [-0.1, -0.05) is 0 Å². The van der Waals surface area contributed by atoms with Gasteiger partial charge in [0.1, 0.15) is 5.75 Å². The summed E-state index contributed by atoms with van der Waals surface area (Å²) in [5, 5.41) is 0. The second kappa shape index (κ2) is 7.86. The van der Waals surface area contributed by atoms with Gasteiger partial charge < -0.3 is 15.0 Å². The number of methoxy groups -OCH3 is 2. The fraction of sp³-hybridized carbons (Fsp3) is 0.357. The number of Topliss-reactive ketones (excluding diaryl/α,β-unsaturated/α-hetero) is 1. The summed E-state index contributed by atoms with van der Waals surface area (Å²) in [6, 6.07) is 6.79. The van der Waals surface area contributed by atoms with Crippen LogP contribution in [0.5, 0.6) is 5.75 Å². The summed E-state index contributed by atoms with van der Waals surface area (Å²) >= 11 is 0. The summed E-state index contributed by atoms with van der Waals surface area (Å²) in [6.45, 7) is 0. The summed E-state index contributed by atoms with van der Waals surface area (Å²) in [4.78, 5) is 25.9. The van der Waals surface area contributed by atoms with E-state index in [0.717, 1.165) is 0 Å². The number of benzene rings is 1. The SMILES string of the molecule is COC(=O)C(CCCC(=O)c1ccc(OC)cc1)=[N+]=[N-]. The highest BCUT2D eigenvalue weighted by molar-refractivity contribution is 6.33. The van der Waals surface area contributed by atoms with Crippen LogP contribution >= 0.6 is 0 Å². The zero-order chi connectivity index (χ0) is 15.0. The van der Waals surface area contributed by atoms with Crippen LogP contribution in [0.2, 0.25) is 0 Å². The third kappa shape index (κ3) is 4.33. The van der Waals surface area contributed by atoms with E-state index >= 15 is 0 Å². The molecule has 6 nitrogen and oxygen atoms in total. The van der Waals surface area contributed by atoms with Gasteiger partial charge in [-0.2, -0.15) is 4.79 Å². The van der Waals surface area contributed by atoms with Crippen LogP contribution in [0.4, 0.5) is 0 Å². The van der Waals surface area contributed by atoms with Crippen LogP contribution in [-0.4, -0.2) is 36.5 Å². The minimum atomic E-state index is -0.690. The first kappa shape index (κ1) is 15.6. The minimum Gasteiger partial charge on any atom is -0.497 e. The van der Waals surface area contributed by atoms with E-state index in [2.05, 4.69) is 9.53 Å². The molecule has 0 N–H and O–H groups in total. The Morgan fingerprint density at radius 3 is 2.30 bits per heavy atom. The fourth-order valence-corrected chi connectivity index (χ4v) is 1.65. The van der Waals surface area contributed by atoms with E-state index in [1.807, 2.05) is 0 Å². The summed E-state index contributed by atoms with van der Waals surface area (Å²) in [6.07, 6.45) is 0.840. The van der Waals surface area contributed by atoms with E-state index in [0.29, 0.717) is 17.7 Å². The van der Waals surface area contributed by atoms with Crippen molar-refractivity contribution in [1.82, 2.24) is 0 Å². The van der Waals surface area contributed by atoms with Gasteiger partial charge >= 0.3 is 11.7 Å². The largest absolute Gasteiger partial charge is 0.497 e. The highest BCUT2D eigenvalue weighted by Gasteiger charge is 2.20. The zero-order valence-electron chi connectivity index (χ0n) is 11.5. The first-order valence-corrected chi connectivity index (χ1v) is 6.09. The number of carbonyl (C=O) groups is 2. The van der Waals surface area contributed by atoms with Crippen LogP contribution in [-0.2, 0) is 9.53 Å². The van der Waals surface area contributed by atoms with Crippen molar-refractivity contribution in [3.63, 3.8) is 0 Å². The smallest absolute Gasteiger partial charge is 0.416 e. The molecule has 6 heteroatoms. The number of esters is 1. The number of carbonyl (C=O) groups excluding carboxylic acids is 2. The molecule has 1 aromatic carbocycles. The molecule has 106 valence electrons. The van der Waals surface area contributed by atoms with Crippen molar-refractivity contribution in [2.45, 2.75) is 19.3 Å². The molecule has 0 radical (unpaired) electrons. The van der Waals surface area contributed by atoms with Gasteiger partial charge in [-0.15, -0.1) is 0 Å². The quantitative estimate of drug-likeness (QED) is 0.250.